The van der Waals surface area contributed by atoms with Crippen molar-refractivity contribution < 1.29 is 9.53 Å². The van der Waals surface area contributed by atoms with Gasteiger partial charge in [0, 0.05) is 24.1 Å². The lowest BCUT2D eigenvalue weighted by atomic mass is 9.88. The SMILES string of the molecule is C[C@H](NC(=O)Nc1ccc(Oc2ncccn2)cc1)C(C)(C)C. The molecule has 0 saturated carbocycles. The van der Waals surface area contributed by atoms with Crippen LogP contribution in [0.1, 0.15) is 27.7 Å². The molecule has 2 N–H and O–H groups in total. The number of hydrogen-bond donors (Lipinski definition) is 2. The molecule has 0 spiro atoms. The van der Waals surface area contributed by atoms with Gasteiger partial charge in [0.15, 0.2) is 0 Å². The zero-order valence-corrected chi connectivity index (χ0v) is 13.8. The lowest BCUT2D eigenvalue weighted by Gasteiger charge is -2.28. The first-order valence-electron chi connectivity index (χ1n) is 7.47. The molecule has 1 heterocycles. The van der Waals surface area contributed by atoms with Crippen molar-refractivity contribution in [1.82, 2.24) is 15.3 Å². The second-order valence-electron chi connectivity index (χ2n) is 6.34. The Labute approximate surface area is 136 Å². The van der Waals surface area contributed by atoms with Crippen molar-refractivity contribution in [3.63, 3.8) is 0 Å². The number of nitrogens with zero attached hydrogens (tertiary/aromatic N) is 2. The summed E-state index contributed by atoms with van der Waals surface area (Å²) in [4.78, 5) is 19.9. The van der Waals surface area contributed by atoms with Gasteiger partial charge in [-0.05, 0) is 42.7 Å². The van der Waals surface area contributed by atoms with Gasteiger partial charge in [-0.25, -0.2) is 14.8 Å². The highest BCUT2D eigenvalue weighted by Crippen LogP contribution is 2.21. The van der Waals surface area contributed by atoms with Gasteiger partial charge in [-0.1, -0.05) is 20.8 Å². The molecule has 0 radical (unpaired) electrons. The van der Waals surface area contributed by atoms with Gasteiger partial charge in [0.25, 0.3) is 0 Å². The number of amides is 2. The molecule has 0 bridgehead atoms. The van der Waals surface area contributed by atoms with Crippen LogP contribution >= 0.6 is 0 Å². The third-order valence-electron chi connectivity index (χ3n) is 3.51. The minimum atomic E-state index is -0.229. The molecule has 122 valence electrons. The molecule has 2 amide bonds. The van der Waals surface area contributed by atoms with E-state index in [0.29, 0.717) is 11.4 Å². The van der Waals surface area contributed by atoms with Crippen molar-refractivity contribution in [2.45, 2.75) is 33.7 Å². The van der Waals surface area contributed by atoms with E-state index in [2.05, 4.69) is 41.4 Å². The minimum Gasteiger partial charge on any atom is -0.424 e. The van der Waals surface area contributed by atoms with Crippen molar-refractivity contribution in [2.24, 2.45) is 5.41 Å². The summed E-state index contributed by atoms with van der Waals surface area (Å²) < 4.78 is 5.50. The molecule has 1 aromatic carbocycles. The second kappa shape index (κ2) is 7.09. The highest BCUT2D eigenvalue weighted by atomic mass is 16.5. The second-order valence-corrected chi connectivity index (χ2v) is 6.34. The van der Waals surface area contributed by atoms with Gasteiger partial charge in [0.05, 0.1) is 0 Å². The summed E-state index contributed by atoms with van der Waals surface area (Å²) in [6, 6.07) is 8.85. The number of carbonyl (C=O) groups excluding carboxylic acids is 1. The molecule has 0 unspecified atom stereocenters. The molecular formula is C17H22N4O2. The number of aromatic nitrogens is 2. The average Bonchev–Trinajstić information content (AvgIpc) is 2.49. The van der Waals surface area contributed by atoms with Crippen LogP contribution in [-0.4, -0.2) is 22.0 Å². The van der Waals surface area contributed by atoms with Crippen molar-refractivity contribution in [3.05, 3.63) is 42.7 Å². The number of benzene rings is 1. The molecule has 6 nitrogen and oxygen atoms in total. The zero-order chi connectivity index (χ0) is 16.9. The number of carbonyl (C=O) groups is 1. The topological polar surface area (TPSA) is 76.1 Å². The molecule has 2 rings (SSSR count). The van der Waals surface area contributed by atoms with E-state index >= 15 is 0 Å². The third-order valence-corrected chi connectivity index (χ3v) is 3.51. The first-order chi connectivity index (χ1) is 10.8. The summed E-state index contributed by atoms with van der Waals surface area (Å²) in [5, 5.41) is 5.72. The summed E-state index contributed by atoms with van der Waals surface area (Å²) >= 11 is 0. The van der Waals surface area contributed by atoms with E-state index in [1.165, 1.54) is 0 Å². The molecule has 0 aliphatic rings. The Morgan fingerprint density at radius 3 is 2.30 bits per heavy atom. The van der Waals surface area contributed by atoms with Gasteiger partial charge in [-0.15, -0.1) is 0 Å². The molecule has 2 aromatic rings. The Morgan fingerprint density at radius 2 is 1.74 bits per heavy atom. The van der Waals surface area contributed by atoms with E-state index in [9.17, 15) is 4.79 Å². The van der Waals surface area contributed by atoms with Crippen LogP contribution in [-0.2, 0) is 0 Å². The van der Waals surface area contributed by atoms with Crippen LogP contribution in [0.25, 0.3) is 0 Å². The van der Waals surface area contributed by atoms with E-state index in [-0.39, 0.29) is 23.5 Å². The zero-order valence-electron chi connectivity index (χ0n) is 13.8. The molecular weight excluding hydrogens is 292 g/mol. The van der Waals surface area contributed by atoms with Crippen molar-refractivity contribution in [3.8, 4) is 11.8 Å². The lowest BCUT2D eigenvalue weighted by Crippen LogP contribution is -2.43. The van der Waals surface area contributed by atoms with Crippen LogP contribution in [0.5, 0.6) is 11.8 Å². The fourth-order valence-electron chi connectivity index (χ4n) is 1.63. The molecule has 23 heavy (non-hydrogen) atoms. The normalized spacial score (nSPS) is 12.3. The maximum atomic E-state index is 12.0. The van der Waals surface area contributed by atoms with E-state index < -0.39 is 0 Å². The Kier molecular flexibility index (Phi) is 5.16. The minimum absolute atomic E-state index is 0.00468. The van der Waals surface area contributed by atoms with Crippen LogP contribution in [0.4, 0.5) is 10.5 Å². The first-order valence-corrected chi connectivity index (χ1v) is 7.47. The van der Waals surface area contributed by atoms with Gasteiger partial charge < -0.3 is 15.4 Å². The fourth-order valence-corrected chi connectivity index (χ4v) is 1.63. The molecule has 0 fully saturated rings. The number of rotatable bonds is 4. The Balaban J connectivity index is 1.91. The van der Waals surface area contributed by atoms with Crippen molar-refractivity contribution in [2.75, 3.05) is 5.32 Å². The molecule has 0 aliphatic carbocycles. The quantitative estimate of drug-likeness (QED) is 0.899. The number of nitrogens with one attached hydrogen (secondary N) is 2. The van der Waals surface area contributed by atoms with Crippen LogP contribution in [0.15, 0.2) is 42.7 Å². The molecule has 1 aromatic heterocycles. The van der Waals surface area contributed by atoms with Crippen LogP contribution in [0, 0.1) is 5.41 Å². The summed E-state index contributed by atoms with van der Waals surface area (Å²) in [6.07, 6.45) is 3.22. The van der Waals surface area contributed by atoms with Crippen molar-refractivity contribution >= 4 is 11.7 Å². The Bertz CT molecular complexity index is 636. The highest BCUT2D eigenvalue weighted by Gasteiger charge is 2.21. The number of urea groups is 1. The van der Waals surface area contributed by atoms with Crippen molar-refractivity contribution in [1.29, 1.82) is 0 Å². The molecule has 1 atom stereocenters. The van der Waals surface area contributed by atoms with Gasteiger partial charge in [0.1, 0.15) is 5.75 Å². The van der Waals surface area contributed by atoms with E-state index in [0.717, 1.165) is 0 Å². The van der Waals surface area contributed by atoms with Gasteiger partial charge >= 0.3 is 12.0 Å². The maximum Gasteiger partial charge on any atom is 0.321 e. The molecule has 6 heteroatoms. The number of hydrogen-bond acceptors (Lipinski definition) is 4. The third kappa shape index (κ3) is 5.25. The summed E-state index contributed by atoms with van der Waals surface area (Å²) in [6.45, 7) is 8.22. The predicted octanol–water partition coefficient (Wildman–Crippen LogP) is 3.83. The summed E-state index contributed by atoms with van der Waals surface area (Å²) in [5.41, 5.74) is 0.690. The largest absolute Gasteiger partial charge is 0.424 e. The molecule has 0 aliphatic heterocycles. The highest BCUT2D eigenvalue weighted by molar-refractivity contribution is 5.89. The number of anilines is 1. The Hall–Kier alpha value is -2.63. The van der Waals surface area contributed by atoms with E-state index in [1.807, 2.05) is 6.92 Å². The first kappa shape index (κ1) is 16.7. The smallest absolute Gasteiger partial charge is 0.321 e. The van der Waals surface area contributed by atoms with Crippen LogP contribution in [0.3, 0.4) is 0 Å². The van der Waals surface area contributed by atoms with E-state index in [1.54, 1.807) is 42.7 Å². The van der Waals surface area contributed by atoms with Gasteiger partial charge in [-0.2, -0.15) is 0 Å². The summed E-state index contributed by atoms with van der Waals surface area (Å²) in [7, 11) is 0. The lowest BCUT2D eigenvalue weighted by molar-refractivity contribution is 0.233. The monoisotopic (exact) mass is 314 g/mol. The fraction of sp³-hybridized carbons (Fsp3) is 0.353. The van der Waals surface area contributed by atoms with E-state index in [4.69, 9.17) is 4.74 Å². The van der Waals surface area contributed by atoms with Crippen LogP contribution < -0.4 is 15.4 Å². The van der Waals surface area contributed by atoms with Gasteiger partial charge in [0.2, 0.25) is 0 Å². The maximum absolute atomic E-state index is 12.0. The Morgan fingerprint density at radius 1 is 1.13 bits per heavy atom. The molecule has 0 saturated heterocycles. The summed E-state index contributed by atoms with van der Waals surface area (Å²) in [5.74, 6) is 0.602. The average molecular weight is 314 g/mol. The van der Waals surface area contributed by atoms with Crippen LogP contribution in [0.2, 0.25) is 0 Å². The standard InChI is InChI=1S/C17H22N4O2/c1-12(17(2,3)4)20-15(22)21-13-6-8-14(9-7-13)23-16-18-10-5-11-19-16/h5-12H,1-4H3,(H2,20,21,22)/t12-/m0/s1. The predicted molar refractivity (Wildman–Crippen MR) is 89.6 cm³/mol. The number of ether oxygens (including phenoxy) is 1. The van der Waals surface area contributed by atoms with Gasteiger partial charge in [-0.3, -0.25) is 0 Å².